The number of rotatable bonds is 5. The number of amides is 1. The van der Waals surface area contributed by atoms with Crippen molar-refractivity contribution in [3.8, 4) is 11.5 Å². The quantitative estimate of drug-likeness (QED) is 0.799. The van der Waals surface area contributed by atoms with Crippen molar-refractivity contribution in [2.75, 3.05) is 20.8 Å². The first-order chi connectivity index (χ1) is 11.0. The molecule has 9 heteroatoms. The molecule has 0 unspecified atom stereocenters. The van der Waals surface area contributed by atoms with Gasteiger partial charge >= 0.3 is 0 Å². The zero-order chi connectivity index (χ0) is 16.6. The second-order valence-corrected chi connectivity index (χ2v) is 6.69. The number of ether oxygens (including phenoxy) is 2. The maximum atomic E-state index is 12.7. The van der Waals surface area contributed by atoms with Gasteiger partial charge in [-0.05, 0) is 6.07 Å². The van der Waals surface area contributed by atoms with Crippen molar-refractivity contribution in [3.05, 3.63) is 36.4 Å². The Labute approximate surface area is 133 Å². The van der Waals surface area contributed by atoms with E-state index in [1.807, 2.05) is 0 Å². The Morgan fingerprint density at radius 1 is 1.17 bits per heavy atom. The fourth-order valence-electron chi connectivity index (χ4n) is 2.47. The van der Waals surface area contributed by atoms with Gasteiger partial charge < -0.3 is 14.0 Å². The van der Waals surface area contributed by atoms with E-state index in [-0.39, 0.29) is 22.8 Å². The van der Waals surface area contributed by atoms with Gasteiger partial charge in [-0.3, -0.25) is 4.79 Å². The van der Waals surface area contributed by atoms with Crippen molar-refractivity contribution in [3.63, 3.8) is 0 Å². The lowest BCUT2D eigenvalue weighted by atomic mass is 10.2. The summed E-state index contributed by atoms with van der Waals surface area (Å²) in [6, 6.07) is 2.86. The Bertz CT molecular complexity index is 846. The second kappa shape index (κ2) is 5.58. The molecule has 2 aromatic rings. The maximum absolute atomic E-state index is 12.7. The van der Waals surface area contributed by atoms with Gasteiger partial charge in [0, 0.05) is 25.0 Å². The van der Waals surface area contributed by atoms with Gasteiger partial charge in [-0.25, -0.2) is 17.7 Å². The fraction of sp³-hybridized carbons (Fsp3) is 0.286. The zero-order valence-electron chi connectivity index (χ0n) is 12.6. The number of nitrogens with zero attached hydrogens (tertiary/aromatic N) is 3. The molecule has 1 aromatic heterocycles. The SMILES string of the molecule is COc1cc(OC)c2c(c1)C(=O)N(CCn1ccnc1)S2(=O)=O. The first-order valence-corrected chi connectivity index (χ1v) is 8.22. The van der Waals surface area contributed by atoms with E-state index in [1.165, 1.54) is 26.4 Å². The zero-order valence-corrected chi connectivity index (χ0v) is 13.4. The van der Waals surface area contributed by atoms with Gasteiger partial charge in [-0.2, -0.15) is 0 Å². The van der Waals surface area contributed by atoms with Crippen molar-refractivity contribution in [1.29, 1.82) is 0 Å². The molecule has 0 saturated carbocycles. The second-order valence-electron chi connectivity index (χ2n) is 4.89. The lowest BCUT2D eigenvalue weighted by Crippen LogP contribution is -2.33. The number of fused-ring (bicyclic) bond motifs is 1. The molecule has 1 aliphatic heterocycles. The van der Waals surface area contributed by atoms with Gasteiger partial charge in [0.05, 0.1) is 32.7 Å². The Kier molecular flexibility index (Phi) is 3.72. The van der Waals surface area contributed by atoms with Crippen molar-refractivity contribution >= 4 is 15.9 Å². The van der Waals surface area contributed by atoms with Gasteiger partial charge in [0.2, 0.25) is 0 Å². The fourth-order valence-corrected chi connectivity index (χ4v) is 4.15. The minimum atomic E-state index is -3.95. The number of sulfonamides is 1. The minimum Gasteiger partial charge on any atom is -0.497 e. The molecule has 122 valence electrons. The molecule has 8 nitrogen and oxygen atoms in total. The van der Waals surface area contributed by atoms with E-state index in [0.29, 0.717) is 12.3 Å². The van der Waals surface area contributed by atoms with Crippen LogP contribution in [0.2, 0.25) is 0 Å². The Hall–Kier alpha value is -2.55. The summed E-state index contributed by atoms with van der Waals surface area (Å²) in [6.07, 6.45) is 4.84. The molecule has 0 spiro atoms. The van der Waals surface area contributed by atoms with Gasteiger partial charge in [0.1, 0.15) is 16.4 Å². The van der Waals surface area contributed by atoms with Gasteiger partial charge in [0.15, 0.2) is 0 Å². The molecule has 1 amide bonds. The van der Waals surface area contributed by atoms with Gasteiger partial charge in [-0.1, -0.05) is 0 Å². The van der Waals surface area contributed by atoms with E-state index in [1.54, 1.807) is 23.3 Å². The third-order valence-corrected chi connectivity index (χ3v) is 5.48. The van der Waals surface area contributed by atoms with Crippen molar-refractivity contribution in [1.82, 2.24) is 13.9 Å². The molecular weight excluding hydrogens is 322 g/mol. The lowest BCUT2D eigenvalue weighted by molar-refractivity contribution is 0.0867. The molecule has 0 aliphatic carbocycles. The Balaban J connectivity index is 2.01. The van der Waals surface area contributed by atoms with Crippen LogP contribution in [0.4, 0.5) is 0 Å². The Morgan fingerprint density at radius 3 is 2.57 bits per heavy atom. The average molecular weight is 337 g/mol. The minimum absolute atomic E-state index is 0.0116. The van der Waals surface area contributed by atoms with E-state index in [0.717, 1.165) is 4.31 Å². The van der Waals surface area contributed by atoms with Crippen molar-refractivity contribution < 1.29 is 22.7 Å². The summed E-state index contributed by atoms with van der Waals surface area (Å²) in [5.74, 6) is -0.129. The summed E-state index contributed by atoms with van der Waals surface area (Å²) in [6.45, 7) is 0.329. The number of aromatic nitrogens is 2. The molecular formula is C14H15N3O5S. The largest absolute Gasteiger partial charge is 0.497 e. The molecule has 2 heterocycles. The molecule has 1 aromatic carbocycles. The van der Waals surface area contributed by atoms with E-state index < -0.39 is 15.9 Å². The van der Waals surface area contributed by atoms with Crippen LogP contribution >= 0.6 is 0 Å². The highest BCUT2D eigenvalue weighted by atomic mass is 32.2. The molecule has 0 saturated heterocycles. The maximum Gasteiger partial charge on any atom is 0.271 e. The third-order valence-electron chi connectivity index (χ3n) is 3.61. The first kappa shape index (κ1) is 15.3. The van der Waals surface area contributed by atoms with Crippen LogP contribution in [0.3, 0.4) is 0 Å². The molecule has 0 fully saturated rings. The van der Waals surface area contributed by atoms with Crippen LogP contribution in [0.1, 0.15) is 10.4 Å². The lowest BCUT2D eigenvalue weighted by Gasteiger charge is -2.15. The highest BCUT2D eigenvalue weighted by molar-refractivity contribution is 7.90. The standard InChI is InChI=1S/C14H15N3O5S/c1-21-10-7-11-13(12(8-10)22-2)23(19,20)17(14(11)18)6-5-16-4-3-15-9-16/h3-4,7-9H,5-6H2,1-2H3. The highest BCUT2D eigenvalue weighted by Crippen LogP contribution is 2.40. The molecule has 3 rings (SSSR count). The van der Waals surface area contributed by atoms with Crippen LogP contribution in [-0.4, -0.2) is 48.9 Å². The van der Waals surface area contributed by atoms with Crippen molar-refractivity contribution in [2.45, 2.75) is 11.4 Å². The summed E-state index contributed by atoms with van der Waals surface area (Å²) >= 11 is 0. The molecule has 23 heavy (non-hydrogen) atoms. The number of hydrogen-bond donors (Lipinski definition) is 0. The van der Waals surface area contributed by atoms with Crippen LogP contribution in [0.15, 0.2) is 35.7 Å². The number of carbonyl (C=O) groups is 1. The first-order valence-electron chi connectivity index (χ1n) is 6.78. The topological polar surface area (TPSA) is 90.7 Å². The molecule has 0 N–H and O–H groups in total. The summed E-state index contributed by atoms with van der Waals surface area (Å²) < 4.78 is 38.2. The van der Waals surface area contributed by atoms with Crippen molar-refractivity contribution in [2.24, 2.45) is 0 Å². The normalized spacial score (nSPS) is 15.6. The molecule has 0 atom stereocenters. The molecule has 0 radical (unpaired) electrons. The smallest absolute Gasteiger partial charge is 0.271 e. The van der Waals surface area contributed by atoms with Crippen LogP contribution < -0.4 is 9.47 Å². The predicted octanol–water partition coefficient (Wildman–Crippen LogP) is 0.745. The van der Waals surface area contributed by atoms with E-state index in [9.17, 15) is 13.2 Å². The number of imidazole rings is 1. The van der Waals surface area contributed by atoms with Crippen LogP contribution in [0.5, 0.6) is 11.5 Å². The summed E-state index contributed by atoms with van der Waals surface area (Å²) in [5, 5.41) is 0. The van der Waals surface area contributed by atoms with Gasteiger partial charge in [-0.15, -0.1) is 0 Å². The average Bonchev–Trinajstić information content (AvgIpc) is 3.11. The summed E-state index contributed by atoms with van der Waals surface area (Å²) in [4.78, 5) is 16.3. The monoisotopic (exact) mass is 337 g/mol. The molecule has 0 bridgehead atoms. The van der Waals surface area contributed by atoms with E-state index >= 15 is 0 Å². The van der Waals surface area contributed by atoms with Crippen LogP contribution in [0.25, 0.3) is 0 Å². The highest BCUT2D eigenvalue weighted by Gasteiger charge is 2.44. The summed E-state index contributed by atoms with van der Waals surface area (Å²) in [5.41, 5.74) is 0.0619. The van der Waals surface area contributed by atoms with E-state index in [2.05, 4.69) is 4.98 Å². The Morgan fingerprint density at radius 2 is 1.96 bits per heavy atom. The predicted molar refractivity (Wildman–Crippen MR) is 80.0 cm³/mol. The number of benzene rings is 1. The van der Waals surface area contributed by atoms with E-state index in [4.69, 9.17) is 9.47 Å². The number of hydrogen-bond acceptors (Lipinski definition) is 6. The third kappa shape index (κ3) is 2.42. The number of methoxy groups -OCH3 is 2. The summed E-state index contributed by atoms with van der Waals surface area (Å²) in [7, 11) is -1.16. The molecule has 1 aliphatic rings. The van der Waals surface area contributed by atoms with Gasteiger partial charge in [0.25, 0.3) is 15.9 Å². The van der Waals surface area contributed by atoms with Crippen LogP contribution in [0, 0.1) is 0 Å². The van der Waals surface area contributed by atoms with Crippen LogP contribution in [-0.2, 0) is 16.6 Å². The number of carbonyl (C=O) groups excluding carboxylic acids is 1.